The molecule has 0 amide bonds. The van der Waals surface area contributed by atoms with Gasteiger partial charge in [0.2, 0.25) is 0 Å². The Morgan fingerprint density at radius 2 is 1.89 bits per heavy atom. The monoisotopic (exact) mass is 239 g/mol. The van der Waals surface area contributed by atoms with Gasteiger partial charge in [-0.2, -0.15) is 0 Å². The van der Waals surface area contributed by atoms with Crippen LogP contribution in [0.4, 0.5) is 0 Å². The average Bonchev–Trinajstić information content (AvgIpc) is 2.39. The fraction of sp³-hybridized carbons (Fsp3) is 0.375. The zero-order valence-corrected chi connectivity index (χ0v) is 10.6. The highest BCUT2D eigenvalue weighted by molar-refractivity contribution is 5.82. The van der Waals surface area contributed by atoms with E-state index in [1.54, 1.807) is 0 Å². The van der Waals surface area contributed by atoms with E-state index in [1.807, 2.05) is 6.07 Å². The molecule has 0 aliphatic heterocycles. The Bertz CT molecular complexity index is 593. The van der Waals surface area contributed by atoms with Crippen LogP contribution in [0.2, 0.25) is 0 Å². The first-order valence-corrected chi connectivity index (χ1v) is 6.62. The number of aryl methyl sites for hydroxylation is 1. The van der Waals surface area contributed by atoms with Crippen molar-refractivity contribution in [3.8, 4) is 0 Å². The van der Waals surface area contributed by atoms with Gasteiger partial charge in [-0.15, -0.1) is 0 Å². The lowest BCUT2D eigenvalue weighted by atomic mass is 9.85. The van der Waals surface area contributed by atoms with Crippen LogP contribution in [0, 0.1) is 6.92 Å². The molecule has 18 heavy (non-hydrogen) atoms. The van der Waals surface area contributed by atoms with Crippen molar-refractivity contribution < 1.29 is 4.79 Å². The standard InChI is InChI=1S/C16H17NO/c1-11-10-16(12-6-8-13(18)9-7-12)17-15-5-3-2-4-14(11)15/h2-5,10,12H,6-9H2,1H3. The van der Waals surface area contributed by atoms with Crippen LogP contribution in [0.5, 0.6) is 0 Å². The Labute approximate surface area is 107 Å². The van der Waals surface area contributed by atoms with Gasteiger partial charge in [0.25, 0.3) is 0 Å². The summed E-state index contributed by atoms with van der Waals surface area (Å²) in [5.41, 5.74) is 3.52. The van der Waals surface area contributed by atoms with E-state index in [-0.39, 0.29) is 0 Å². The van der Waals surface area contributed by atoms with Gasteiger partial charge in [0.05, 0.1) is 5.52 Å². The van der Waals surface area contributed by atoms with Crippen LogP contribution in [-0.4, -0.2) is 10.8 Å². The molecule has 0 spiro atoms. The summed E-state index contributed by atoms with van der Waals surface area (Å²) in [6, 6.07) is 10.5. The molecule has 1 aliphatic rings. The van der Waals surface area contributed by atoms with Gasteiger partial charge in [-0.1, -0.05) is 18.2 Å². The molecule has 1 aromatic carbocycles. The number of carbonyl (C=O) groups excluding carboxylic acids is 1. The summed E-state index contributed by atoms with van der Waals surface area (Å²) in [5, 5.41) is 1.23. The van der Waals surface area contributed by atoms with Gasteiger partial charge < -0.3 is 0 Å². The molecule has 2 nitrogen and oxygen atoms in total. The summed E-state index contributed by atoms with van der Waals surface area (Å²) in [5.74, 6) is 0.870. The molecule has 1 aliphatic carbocycles. The molecule has 0 N–H and O–H groups in total. The van der Waals surface area contributed by atoms with Crippen molar-refractivity contribution in [3.05, 3.63) is 41.6 Å². The molecule has 1 heterocycles. The summed E-state index contributed by atoms with van der Waals surface area (Å²) < 4.78 is 0. The first kappa shape index (κ1) is 11.4. The zero-order valence-electron chi connectivity index (χ0n) is 10.6. The molecule has 0 bridgehead atoms. The highest BCUT2D eigenvalue weighted by Gasteiger charge is 2.21. The molecular formula is C16H17NO. The molecule has 0 saturated heterocycles. The third kappa shape index (κ3) is 2.03. The van der Waals surface area contributed by atoms with E-state index in [0.29, 0.717) is 11.7 Å². The highest BCUT2D eigenvalue weighted by atomic mass is 16.1. The lowest BCUT2D eigenvalue weighted by Gasteiger charge is -2.21. The lowest BCUT2D eigenvalue weighted by molar-refractivity contribution is -0.120. The number of aromatic nitrogens is 1. The second kappa shape index (κ2) is 4.52. The Morgan fingerprint density at radius 3 is 2.67 bits per heavy atom. The number of pyridine rings is 1. The number of rotatable bonds is 1. The van der Waals surface area contributed by atoms with Crippen molar-refractivity contribution in [3.63, 3.8) is 0 Å². The number of para-hydroxylation sites is 1. The number of Topliss-reactive ketones (excluding diaryl/α,β-unsaturated/α-hetero) is 1. The van der Waals surface area contributed by atoms with Crippen LogP contribution in [0.1, 0.15) is 42.9 Å². The first-order valence-electron chi connectivity index (χ1n) is 6.62. The van der Waals surface area contributed by atoms with Crippen LogP contribution < -0.4 is 0 Å². The zero-order chi connectivity index (χ0) is 12.5. The van der Waals surface area contributed by atoms with E-state index < -0.39 is 0 Å². The Kier molecular flexibility index (Phi) is 2.86. The quantitative estimate of drug-likeness (QED) is 0.758. The summed E-state index contributed by atoms with van der Waals surface area (Å²) in [4.78, 5) is 16.1. The van der Waals surface area contributed by atoms with E-state index in [1.165, 1.54) is 16.6 Å². The minimum absolute atomic E-state index is 0.406. The molecule has 1 aromatic heterocycles. The SMILES string of the molecule is Cc1cc(C2CCC(=O)CC2)nc2ccccc12. The third-order valence-electron chi connectivity index (χ3n) is 3.90. The van der Waals surface area contributed by atoms with E-state index in [9.17, 15) is 4.79 Å². The lowest BCUT2D eigenvalue weighted by Crippen LogP contribution is -2.13. The van der Waals surface area contributed by atoms with Gasteiger partial charge in [0, 0.05) is 29.8 Å². The smallest absolute Gasteiger partial charge is 0.132 e. The van der Waals surface area contributed by atoms with Crippen molar-refractivity contribution in [2.24, 2.45) is 0 Å². The van der Waals surface area contributed by atoms with Crippen LogP contribution in [-0.2, 0) is 4.79 Å². The third-order valence-corrected chi connectivity index (χ3v) is 3.90. The van der Waals surface area contributed by atoms with Crippen molar-refractivity contribution in [2.75, 3.05) is 0 Å². The maximum Gasteiger partial charge on any atom is 0.132 e. The van der Waals surface area contributed by atoms with Crippen molar-refractivity contribution >= 4 is 16.7 Å². The molecule has 3 rings (SSSR count). The fourth-order valence-corrected chi connectivity index (χ4v) is 2.82. The second-order valence-electron chi connectivity index (χ2n) is 5.19. The summed E-state index contributed by atoms with van der Waals surface area (Å²) in [6.07, 6.45) is 3.36. The number of carbonyl (C=O) groups is 1. The van der Waals surface area contributed by atoms with Crippen LogP contribution in [0.15, 0.2) is 30.3 Å². The maximum absolute atomic E-state index is 11.3. The number of hydrogen-bond acceptors (Lipinski definition) is 2. The summed E-state index contributed by atoms with van der Waals surface area (Å²) in [7, 11) is 0. The Balaban J connectivity index is 2.00. The average molecular weight is 239 g/mol. The Morgan fingerprint density at radius 1 is 1.17 bits per heavy atom. The first-order chi connectivity index (χ1) is 8.74. The molecule has 0 unspecified atom stereocenters. The minimum Gasteiger partial charge on any atom is -0.300 e. The number of benzene rings is 1. The van der Waals surface area contributed by atoms with E-state index in [4.69, 9.17) is 4.98 Å². The largest absolute Gasteiger partial charge is 0.300 e. The van der Waals surface area contributed by atoms with Gasteiger partial charge in [0.15, 0.2) is 0 Å². The molecule has 2 aromatic rings. The number of fused-ring (bicyclic) bond motifs is 1. The maximum atomic E-state index is 11.3. The molecular weight excluding hydrogens is 222 g/mol. The van der Waals surface area contributed by atoms with E-state index >= 15 is 0 Å². The van der Waals surface area contributed by atoms with Crippen molar-refractivity contribution in [2.45, 2.75) is 38.5 Å². The molecule has 92 valence electrons. The van der Waals surface area contributed by atoms with Gasteiger partial charge in [-0.05, 0) is 37.5 Å². The minimum atomic E-state index is 0.406. The fourth-order valence-electron chi connectivity index (χ4n) is 2.82. The predicted octanol–water partition coefficient (Wildman–Crippen LogP) is 3.77. The summed E-state index contributed by atoms with van der Waals surface area (Å²) >= 11 is 0. The van der Waals surface area contributed by atoms with Crippen molar-refractivity contribution in [1.29, 1.82) is 0 Å². The molecule has 1 fully saturated rings. The number of hydrogen-bond donors (Lipinski definition) is 0. The topological polar surface area (TPSA) is 30.0 Å². The van der Waals surface area contributed by atoms with E-state index in [0.717, 1.165) is 31.2 Å². The van der Waals surface area contributed by atoms with Crippen LogP contribution in [0.3, 0.4) is 0 Å². The second-order valence-corrected chi connectivity index (χ2v) is 5.19. The van der Waals surface area contributed by atoms with Crippen molar-refractivity contribution in [1.82, 2.24) is 4.98 Å². The van der Waals surface area contributed by atoms with Crippen LogP contribution in [0.25, 0.3) is 10.9 Å². The van der Waals surface area contributed by atoms with Gasteiger partial charge >= 0.3 is 0 Å². The van der Waals surface area contributed by atoms with Gasteiger partial charge in [0.1, 0.15) is 5.78 Å². The van der Waals surface area contributed by atoms with Crippen LogP contribution >= 0.6 is 0 Å². The molecule has 0 radical (unpaired) electrons. The van der Waals surface area contributed by atoms with E-state index in [2.05, 4.69) is 31.2 Å². The summed E-state index contributed by atoms with van der Waals surface area (Å²) in [6.45, 7) is 2.14. The highest BCUT2D eigenvalue weighted by Crippen LogP contribution is 2.32. The normalized spacial score (nSPS) is 17.3. The van der Waals surface area contributed by atoms with Gasteiger partial charge in [-0.25, -0.2) is 0 Å². The number of nitrogens with zero attached hydrogens (tertiary/aromatic N) is 1. The molecule has 2 heteroatoms. The predicted molar refractivity (Wildman–Crippen MR) is 72.7 cm³/mol. The Hall–Kier alpha value is -1.70. The molecule has 0 atom stereocenters. The number of ketones is 1. The molecule has 1 saturated carbocycles. The van der Waals surface area contributed by atoms with Gasteiger partial charge in [-0.3, -0.25) is 9.78 Å².